The van der Waals surface area contributed by atoms with Gasteiger partial charge in [-0.2, -0.15) is 5.10 Å². The minimum Gasteiger partial charge on any atom is -0.490 e. The van der Waals surface area contributed by atoms with Crippen molar-refractivity contribution in [2.45, 2.75) is 32.7 Å². The van der Waals surface area contributed by atoms with Crippen LogP contribution in [0.1, 0.15) is 27.1 Å². The van der Waals surface area contributed by atoms with Gasteiger partial charge in [-0.25, -0.2) is 18.4 Å². The van der Waals surface area contributed by atoms with E-state index in [4.69, 9.17) is 4.74 Å². The summed E-state index contributed by atoms with van der Waals surface area (Å²) in [5, 5.41) is 14.6. The third-order valence-electron chi connectivity index (χ3n) is 3.63. The maximum Gasteiger partial charge on any atom is 0.225 e. The third kappa shape index (κ3) is 3.24. The van der Waals surface area contributed by atoms with Crippen molar-refractivity contribution >= 4 is 0 Å². The molecular weight excluding hydrogens is 292 g/mol. The largest absolute Gasteiger partial charge is 0.490 e. The first kappa shape index (κ1) is 16.4. The number of rotatable bonds is 5. The first-order valence-electron chi connectivity index (χ1n) is 6.83. The van der Waals surface area contributed by atoms with Crippen molar-refractivity contribution in [1.29, 1.82) is 0 Å². The van der Waals surface area contributed by atoms with Crippen LogP contribution in [0, 0.1) is 11.2 Å². The molecule has 0 aliphatic carbocycles. The van der Waals surface area contributed by atoms with Crippen LogP contribution < -0.4 is 4.74 Å². The Morgan fingerprint density at radius 1 is 1.27 bits per heavy atom. The molecule has 1 aromatic carbocycles. The van der Waals surface area contributed by atoms with Gasteiger partial charge >= 0.3 is 0 Å². The molecule has 1 N–H and O–H groups in total. The number of ether oxygens (including phenoxy) is 1. The quantitative estimate of drug-likeness (QED) is 0.922. The van der Waals surface area contributed by atoms with Gasteiger partial charge < -0.3 is 9.84 Å². The van der Waals surface area contributed by atoms with Gasteiger partial charge in [-0.3, -0.25) is 0 Å². The van der Waals surface area contributed by atoms with Gasteiger partial charge in [0.25, 0.3) is 0 Å². The summed E-state index contributed by atoms with van der Waals surface area (Å²) in [4.78, 5) is 3.69. The summed E-state index contributed by atoms with van der Waals surface area (Å²) in [6.07, 6.45) is 0.547. The summed E-state index contributed by atoms with van der Waals surface area (Å²) >= 11 is 0. The lowest BCUT2D eigenvalue weighted by Crippen LogP contribution is -2.53. The molecule has 0 radical (unpaired) electrons. The Morgan fingerprint density at radius 2 is 1.91 bits per heavy atom. The molecule has 2 unspecified atom stereocenters. The first-order valence-corrected chi connectivity index (χ1v) is 6.83. The summed E-state index contributed by atoms with van der Waals surface area (Å²) in [6.45, 7) is 4.78. The van der Waals surface area contributed by atoms with Crippen LogP contribution in [0.25, 0.3) is 0 Å². The molecule has 120 valence electrons. The standard InChI is InChI=1S/C15H19F2N3O2/c1-14(2,3)15(21,13(17)20-10-18-9-19-20)8-22-12-6-4-11(16)5-7-12/h4-7,9-10,13,21H,8H2,1-3H3. The number of hydrogen-bond acceptors (Lipinski definition) is 4. The lowest BCUT2D eigenvalue weighted by molar-refractivity contribution is -0.164. The third-order valence-corrected chi connectivity index (χ3v) is 3.63. The van der Waals surface area contributed by atoms with E-state index in [9.17, 15) is 13.9 Å². The normalized spacial score (nSPS) is 16.1. The zero-order valence-electron chi connectivity index (χ0n) is 12.7. The second kappa shape index (κ2) is 6.00. The molecule has 5 nitrogen and oxygen atoms in total. The van der Waals surface area contributed by atoms with E-state index in [2.05, 4.69) is 10.1 Å². The van der Waals surface area contributed by atoms with E-state index in [1.807, 2.05) is 0 Å². The van der Waals surface area contributed by atoms with Gasteiger partial charge in [0, 0.05) is 0 Å². The maximum atomic E-state index is 14.8. The highest BCUT2D eigenvalue weighted by Gasteiger charge is 2.50. The Bertz CT molecular complexity index is 596. The van der Waals surface area contributed by atoms with E-state index in [1.165, 1.54) is 36.9 Å². The molecule has 0 saturated carbocycles. The molecule has 0 spiro atoms. The average Bonchev–Trinajstić information content (AvgIpc) is 2.98. The van der Waals surface area contributed by atoms with Gasteiger partial charge in [0.2, 0.25) is 6.30 Å². The molecule has 0 aliphatic rings. The van der Waals surface area contributed by atoms with Crippen molar-refractivity contribution in [3.05, 3.63) is 42.7 Å². The molecule has 2 atom stereocenters. The molecule has 0 aliphatic heterocycles. The smallest absolute Gasteiger partial charge is 0.225 e. The lowest BCUT2D eigenvalue weighted by atomic mass is 9.76. The molecule has 2 aromatic rings. The fourth-order valence-electron chi connectivity index (χ4n) is 1.92. The van der Waals surface area contributed by atoms with Crippen LogP contribution in [0.5, 0.6) is 5.75 Å². The highest BCUT2D eigenvalue weighted by molar-refractivity contribution is 5.22. The van der Waals surface area contributed by atoms with Crippen molar-refractivity contribution in [1.82, 2.24) is 14.8 Å². The monoisotopic (exact) mass is 311 g/mol. The van der Waals surface area contributed by atoms with Gasteiger partial charge in [0.15, 0.2) is 5.60 Å². The summed E-state index contributed by atoms with van der Waals surface area (Å²) in [7, 11) is 0. The van der Waals surface area contributed by atoms with Crippen molar-refractivity contribution < 1.29 is 18.6 Å². The van der Waals surface area contributed by atoms with Crippen molar-refractivity contribution in [2.24, 2.45) is 5.41 Å². The number of aliphatic hydroxyl groups is 1. The SMILES string of the molecule is CC(C)(C)C(O)(COc1ccc(F)cc1)C(F)n1cncn1. The van der Waals surface area contributed by atoms with Crippen LogP contribution in [0.15, 0.2) is 36.9 Å². The Hall–Kier alpha value is -2.02. The summed E-state index contributed by atoms with van der Waals surface area (Å²) in [5.74, 6) is -0.0562. The number of benzene rings is 1. The maximum absolute atomic E-state index is 14.8. The Labute approximate surface area is 127 Å². The highest BCUT2D eigenvalue weighted by atomic mass is 19.1. The van der Waals surface area contributed by atoms with Crippen LogP contribution in [0.4, 0.5) is 8.78 Å². The molecule has 2 rings (SSSR count). The van der Waals surface area contributed by atoms with Gasteiger partial charge in [-0.1, -0.05) is 20.8 Å². The Morgan fingerprint density at radius 3 is 2.41 bits per heavy atom. The average molecular weight is 311 g/mol. The number of alkyl halides is 1. The van der Waals surface area contributed by atoms with Gasteiger partial charge in [-0.05, 0) is 29.7 Å². The van der Waals surface area contributed by atoms with Crippen molar-refractivity contribution in [2.75, 3.05) is 6.61 Å². The van der Waals surface area contributed by atoms with E-state index in [1.54, 1.807) is 20.8 Å². The van der Waals surface area contributed by atoms with Gasteiger partial charge in [0.1, 0.15) is 30.8 Å². The van der Waals surface area contributed by atoms with Gasteiger partial charge in [-0.15, -0.1) is 0 Å². The number of nitrogens with zero attached hydrogens (tertiary/aromatic N) is 3. The zero-order valence-corrected chi connectivity index (χ0v) is 12.7. The second-order valence-corrected chi connectivity index (χ2v) is 6.13. The van der Waals surface area contributed by atoms with Gasteiger partial charge in [0.05, 0.1) is 0 Å². The minimum absolute atomic E-state index is 0.316. The van der Waals surface area contributed by atoms with E-state index in [-0.39, 0.29) is 6.61 Å². The predicted molar refractivity (Wildman–Crippen MR) is 76.5 cm³/mol. The lowest BCUT2D eigenvalue weighted by Gasteiger charge is -2.41. The molecule has 0 saturated heterocycles. The molecule has 0 amide bonds. The topological polar surface area (TPSA) is 60.2 Å². The molecule has 1 aromatic heterocycles. The molecule has 0 bridgehead atoms. The fourth-order valence-corrected chi connectivity index (χ4v) is 1.92. The van der Waals surface area contributed by atoms with Crippen LogP contribution in [-0.4, -0.2) is 32.1 Å². The predicted octanol–water partition coefficient (Wildman–Crippen LogP) is 2.74. The molecule has 1 heterocycles. The Kier molecular flexibility index (Phi) is 4.46. The van der Waals surface area contributed by atoms with E-state index in [0.29, 0.717) is 5.75 Å². The summed E-state index contributed by atoms with van der Waals surface area (Å²) in [5.41, 5.74) is -2.69. The summed E-state index contributed by atoms with van der Waals surface area (Å²) in [6, 6.07) is 5.30. The molecule has 22 heavy (non-hydrogen) atoms. The summed E-state index contributed by atoms with van der Waals surface area (Å²) < 4.78 is 34.0. The van der Waals surface area contributed by atoms with E-state index >= 15 is 0 Å². The van der Waals surface area contributed by atoms with Crippen LogP contribution in [0.3, 0.4) is 0 Å². The number of halogens is 2. The fraction of sp³-hybridized carbons (Fsp3) is 0.467. The van der Waals surface area contributed by atoms with E-state index in [0.717, 1.165) is 4.68 Å². The molecule has 0 fully saturated rings. The first-order chi connectivity index (χ1) is 10.2. The minimum atomic E-state index is -1.85. The van der Waals surface area contributed by atoms with Crippen LogP contribution in [0.2, 0.25) is 0 Å². The zero-order chi connectivity index (χ0) is 16.4. The molecule has 7 heteroatoms. The van der Waals surface area contributed by atoms with Crippen molar-refractivity contribution in [3.63, 3.8) is 0 Å². The Balaban J connectivity index is 2.20. The van der Waals surface area contributed by atoms with Crippen LogP contribution in [-0.2, 0) is 0 Å². The van der Waals surface area contributed by atoms with Crippen LogP contribution >= 0.6 is 0 Å². The van der Waals surface area contributed by atoms with E-state index < -0.39 is 23.1 Å². The van der Waals surface area contributed by atoms with Crippen molar-refractivity contribution in [3.8, 4) is 5.75 Å². The highest BCUT2D eigenvalue weighted by Crippen LogP contribution is 2.40. The number of hydrogen-bond donors (Lipinski definition) is 1. The number of aromatic nitrogens is 3. The second-order valence-electron chi connectivity index (χ2n) is 6.13. The molecular formula is C15H19F2N3O2.